The van der Waals surface area contributed by atoms with E-state index in [0.29, 0.717) is 11.7 Å². The molecule has 0 spiro atoms. The van der Waals surface area contributed by atoms with Gasteiger partial charge in [0.2, 0.25) is 0 Å². The molecule has 1 aromatic heterocycles. The minimum atomic E-state index is -0.977. The van der Waals surface area contributed by atoms with Crippen LogP contribution in [0.3, 0.4) is 0 Å². The summed E-state index contributed by atoms with van der Waals surface area (Å²) in [5.74, 6) is 1.86. The fourth-order valence-electron chi connectivity index (χ4n) is 5.06. The van der Waals surface area contributed by atoms with E-state index < -0.39 is 5.97 Å². The molecule has 0 aliphatic heterocycles. The number of ether oxygens (including phenoxy) is 1. The molecule has 4 aromatic rings. The third-order valence-corrected chi connectivity index (χ3v) is 6.71. The van der Waals surface area contributed by atoms with Crippen molar-refractivity contribution in [1.29, 1.82) is 0 Å². The van der Waals surface area contributed by atoms with Gasteiger partial charge in [-0.3, -0.25) is 0 Å². The van der Waals surface area contributed by atoms with Crippen molar-refractivity contribution >= 4 is 5.97 Å². The monoisotopic (exact) mass is 467 g/mol. The number of oxazole rings is 1. The minimum absolute atomic E-state index is 0.229. The molecule has 3 aromatic carbocycles. The Kier molecular flexibility index (Phi) is 6.94. The first-order chi connectivity index (χ1) is 17.2. The van der Waals surface area contributed by atoms with Crippen molar-refractivity contribution in [1.82, 2.24) is 4.98 Å². The molecule has 1 N–H and O–H groups in total. The molecule has 0 bridgehead atoms. The van der Waals surface area contributed by atoms with Gasteiger partial charge in [-0.2, -0.15) is 0 Å². The molecule has 0 unspecified atom stereocenters. The normalized spacial score (nSPS) is 17.7. The van der Waals surface area contributed by atoms with Crippen LogP contribution in [-0.4, -0.2) is 22.7 Å². The molecule has 5 nitrogen and oxygen atoms in total. The van der Waals surface area contributed by atoms with E-state index in [4.69, 9.17) is 19.2 Å². The molecular weight excluding hydrogens is 438 g/mol. The number of carboxylic acids is 1. The van der Waals surface area contributed by atoms with Crippen molar-refractivity contribution in [2.45, 2.75) is 38.0 Å². The van der Waals surface area contributed by atoms with Crippen LogP contribution >= 0.6 is 0 Å². The highest BCUT2D eigenvalue weighted by molar-refractivity contribution is 5.76. The van der Waals surface area contributed by atoms with Gasteiger partial charge < -0.3 is 14.3 Å². The van der Waals surface area contributed by atoms with Gasteiger partial charge in [-0.25, -0.2) is 9.78 Å². The van der Waals surface area contributed by atoms with E-state index in [0.717, 1.165) is 59.7 Å². The minimum Gasteiger partial charge on any atom is -0.482 e. The third kappa shape index (κ3) is 5.46. The number of hydrogen-bond donors (Lipinski definition) is 1. The number of nitrogens with zero attached hydrogens (tertiary/aromatic N) is 1. The lowest BCUT2D eigenvalue weighted by Crippen LogP contribution is -2.20. The van der Waals surface area contributed by atoms with E-state index in [9.17, 15) is 4.79 Å². The molecule has 1 fully saturated rings. The molecule has 178 valence electrons. The maximum Gasteiger partial charge on any atom is 0.341 e. The van der Waals surface area contributed by atoms with Crippen LogP contribution < -0.4 is 4.74 Å². The summed E-state index contributed by atoms with van der Waals surface area (Å²) < 4.78 is 11.9. The Hall–Kier alpha value is -3.86. The molecule has 1 heterocycles. The number of rotatable bonds is 8. The summed E-state index contributed by atoms with van der Waals surface area (Å²) in [7, 11) is 0. The first-order valence-electron chi connectivity index (χ1n) is 12.2. The molecule has 2 atom stereocenters. The van der Waals surface area contributed by atoms with Gasteiger partial charge in [-0.05, 0) is 42.9 Å². The summed E-state index contributed by atoms with van der Waals surface area (Å²) in [5, 5.41) is 8.91. The molecule has 0 saturated heterocycles. The number of benzene rings is 3. The predicted octanol–water partition coefficient (Wildman–Crippen LogP) is 6.99. The lowest BCUT2D eigenvalue weighted by Gasteiger charge is -2.29. The molecule has 0 amide bonds. The lowest BCUT2D eigenvalue weighted by molar-refractivity contribution is -0.139. The molecule has 1 aliphatic carbocycles. The number of carboxylic acid groups (broad SMARTS) is 1. The van der Waals surface area contributed by atoms with Gasteiger partial charge in [0.05, 0.1) is 0 Å². The maximum absolute atomic E-state index is 10.9. The summed E-state index contributed by atoms with van der Waals surface area (Å²) in [6.07, 6.45) is 5.37. The second kappa shape index (κ2) is 10.6. The first-order valence-corrected chi connectivity index (χ1v) is 12.2. The topological polar surface area (TPSA) is 72.6 Å². The Balaban J connectivity index is 1.45. The van der Waals surface area contributed by atoms with E-state index in [1.807, 2.05) is 48.5 Å². The van der Waals surface area contributed by atoms with Crippen molar-refractivity contribution < 1.29 is 19.1 Å². The number of hydrogen-bond acceptors (Lipinski definition) is 4. The zero-order valence-corrected chi connectivity index (χ0v) is 19.6. The van der Waals surface area contributed by atoms with E-state index in [-0.39, 0.29) is 12.5 Å². The molecule has 0 radical (unpaired) electrons. The highest BCUT2D eigenvalue weighted by Crippen LogP contribution is 2.43. The van der Waals surface area contributed by atoms with Crippen LogP contribution in [0.5, 0.6) is 5.75 Å². The summed E-state index contributed by atoms with van der Waals surface area (Å²) in [6, 6.07) is 28.2. The molecule has 5 heteroatoms. The van der Waals surface area contributed by atoms with Crippen LogP contribution in [0.4, 0.5) is 0 Å². The molecule has 5 rings (SSSR count). The Labute approximate surface area is 205 Å². The summed E-state index contributed by atoms with van der Waals surface area (Å²) in [6.45, 7) is -0.337. The van der Waals surface area contributed by atoms with Crippen molar-refractivity contribution in [2.75, 3.05) is 6.61 Å². The maximum atomic E-state index is 10.9. The second-order valence-electron chi connectivity index (χ2n) is 9.15. The van der Waals surface area contributed by atoms with Crippen LogP contribution in [0.1, 0.15) is 43.1 Å². The zero-order valence-electron chi connectivity index (χ0n) is 19.6. The van der Waals surface area contributed by atoms with E-state index in [1.165, 1.54) is 6.42 Å². The van der Waals surface area contributed by atoms with Crippen molar-refractivity contribution in [3.05, 3.63) is 96.4 Å². The van der Waals surface area contributed by atoms with Gasteiger partial charge in [-0.1, -0.05) is 85.6 Å². The highest BCUT2D eigenvalue weighted by Gasteiger charge is 2.32. The largest absolute Gasteiger partial charge is 0.482 e. The fourth-order valence-corrected chi connectivity index (χ4v) is 5.06. The first kappa shape index (κ1) is 22.9. The quantitative estimate of drug-likeness (QED) is 0.302. The molecule has 1 saturated carbocycles. The average Bonchev–Trinajstić information content (AvgIpc) is 3.34. The Morgan fingerprint density at radius 1 is 0.914 bits per heavy atom. The molecule has 1 aliphatic rings. The lowest BCUT2D eigenvalue weighted by atomic mass is 9.76. The van der Waals surface area contributed by atoms with Crippen molar-refractivity contribution in [3.63, 3.8) is 0 Å². The van der Waals surface area contributed by atoms with Gasteiger partial charge in [0.1, 0.15) is 11.4 Å². The van der Waals surface area contributed by atoms with Crippen LogP contribution in [0, 0.1) is 5.92 Å². The summed E-state index contributed by atoms with van der Waals surface area (Å²) >= 11 is 0. The highest BCUT2D eigenvalue weighted by atomic mass is 16.5. The Morgan fingerprint density at radius 3 is 2.37 bits per heavy atom. The van der Waals surface area contributed by atoms with Crippen molar-refractivity contribution in [2.24, 2.45) is 5.92 Å². The van der Waals surface area contributed by atoms with Gasteiger partial charge in [0.15, 0.2) is 18.3 Å². The van der Waals surface area contributed by atoms with Crippen LogP contribution in [0.15, 0.2) is 89.3 Å². The number of aromatic nitrogens is 1. The van der Waals surface area contributed by atoms with Crippen molar-refractivity contribution in [3.8, 4) is 28.3 Å². The van der Waals surface area contributed by atoms with E-state index >= 15 is 0 Å². The zero-order chi connectivity index (χ0) is 24.0. The Bertz CT molecular complexity index is 1210. The van der Waals surface area contributed by atoms with Crippen LogP contribution in [0.2, 0.25) is 0 Å². The Morgan fingerprint density at radius 2 is 1.63 bits per heavy atom. The van der Waals surface area contributed by atoms with E-state index in [2.05, 4.69) is 30.3 Å². The molecule has 35 heavy (non-hydrogen) atoms. The molecular formula is C30H29NO4. The third-order valence-electron chi connectivity index (χ3n) is 6.71. The van der Waals surface area contributed by atoms with Gasteiger partial charge in [0.25, 0.3) is 0 Å². The SMILES string of the molecule is O=C(O)COc1cccc(C[C@H]2CCCC[C@@H]2c2nc(-c3ccccc3)c(-c3ccccc3)o2)c1. The van der Waals surface area contributed by atoms with Crippen LogP contribution in [0.25, 0.3) is 22.6 Å². The summed E-state index contributed by atoms with van der Waals surface area (Å²) in [4.78, 5) is 15.9. The fraction of sp³-hybridized carbons (Fsp3) is 0.267. The predicted molar refractivity (Wildman–Crippen MR) is 135 cm³/mol. The smallest absolute Gasteiger partial charge is 0.341 e. The number of aliphatic carboxylic acids is 1. The second-order valence-corrected chi connectivity index (χ2v) is 9.15. The number of carbonyl (C=O) groups is 1. The van der Waals surface area contributed by atoms with Crippen LogP contribution in [-0.2, 0) is 11.2 Å². The van der Waals surface area contributed by atoms with E-state index in [1.54, 1.807) is 6.07 Å². The summed E-state index contributed by atoms with van der Waals surface area (Å²) in [5.41, 5.74) is 4.11. The average molecular weight is 468 g/mol. The standard InChI is InChI=1S/C30H29NO4/c32-27(33)20-34-25-16-9-10-21(19-25)18-24-15-7-8-17-26(24)30-31-28(22-11-3-1-4-12-22)29(35-30)23-13-5-2-6-14-23/h1-6,9-14,16,19,24,26H,7-8,15,17-18,20H2,(H,32,33)/t24-,26+/m1/s1. The van der Waals surface area contributed by atoms with Gasteiger partial charge in [-0.15, -0.1) is 0 Å². The van der Waals surface area contributed by atoms with Gasteiger partial charge in [0, 0.05) is 17.0 Å². The van der Waals surface area contributed by atoms with Gasteiger partial charge >= 0.3 is 5.97 Å².